The van der Waals surface area contributed by atoms with Gasteiger partial charge >= 0.3 is 5.97 Å². The smallest absolute Gasteiger partial charge is 0.307 e. The summed E-state index contributed by atoms with van der Waals surface area (Å²) in [5.74, 6) is -0.180. The molecule has 9 aromatic rings. The summed E-state index contributed by atoms with van der Waals surface area (Å²) in [6.07, 6.45) is 21.1. The fourth-order valence-electron chi connectivity index (χ4n) is 13.7. The first-order chi connectivity index (χ1) is 56.7. The molecule has 0 spiro atoms. The number of rotatable bonds is 51. The zero-order chi connectivity index (χ0) is 86.8. The van der Waals surface area contributed by atoms with Crippen molar-refractivity contribution < 1.29 is 50.5 Å². The first kappa shape index (κ1) is 96.3. The molecule has 0 atom stereocenters. The lowest BCUT2D eigenvalue weighted by molar-refractivity contribution is -0.164. The van der Waals surface area contributed by atoms with Gasteiger partial charge in [-0.15, -0.1) is 15.3 Å². The molecule has 0 bridgehead atoms. The third-order valence-corrected chi connectivity index (χ3v) is 48.4. The first-order valence-corrected chi connectivity index (χ1v) is 62.7. The van der Waals surface area contributed by atoms with Crippen LogP contribution in [0, 0.1) is 5.41 Å². The summed E-state index contributed by atoms with van der Waals surface area (Å²) in [7, 11) is -11.8. The van der Waals surface area contributed by atoms with Crippen LogP contribution in [0.4, 0.5) is 0 Å². The molecule has 0 aliphatic rings. The third kappa shape index (κ3) is 35.0. The highest BCUT2D eigenvalue weighted by Crippen LogP contribution is 2.33. The van der Waals surface area contributed by atoms with Gasteiger partial charge in [0.05, 0.1) is 89.7 Å². The summed E-state index contributed by atoms with van der Waals surface area (Å²) in [4.78, 5) is 76.4. The van der Waals surface area contributed by atoms with Gasteiger partial charge in [-0.1, -0.05) is 130 Å². The van der Waals surface area contributed by atoms with Crippen LogP contribution in [0.1, 0.15) is 113 Å². The highest BCUT2D eigenvalue weighted by atomic mass is 32.2. The molecule has 37 heteroatoms. The number of thioether (sulfide) groups is 3. The maximum Gasteiger partial charge on any atom is 0.307 e. The van der Waals surface area contributed by atoms with Crippen molar-refractivity contribution in [2.75, 3.05) is 49.0 Å². The van der Waals surface area contributed by atoms with Crippen LogP contribution < -0.4 is 10.6 Å². The number of carbonyl (C=O) groups is 4. The number of benzene rings is 3. The first-order valence-electron chi connectivity index (χ1n) is 41.0. The number of hydrogen-bond donors (Lipinski definition) is 2. The summed E-state index contributed by atoms with van der Waals surface area (Å²) in [6, 6.07) is 27.0. The number of amides is 2. The topological polar surface area (TPSA) is 326 Å². The number of hydrogen-bond acceptors (Lipinski definition) is 26. The van der Waals surface area contributed by atoms with E-state index in [1.165, 1.54) is 0 Å². The van der Waals surface area contributed by atoms with Gasteiger partial charge in [-0.2, -0.15) is 0 Å². The van der Waals surface area contributed by atoms with Crippen molar-refractivity contribution in [2.45, 2.75) is 237 Å². The van der Waals surface area contributed by atoms with Gasteiger partial charge in [-0.3, -0.25) is 14.4 Å². The van der Waals surface area contributed by atoms with Crippen LogP contribution in [-0.2, 0) is 89.9 Å². The van der Waals surface area contributed by atoms with Crippen molar-refractivity contribution in [3.8, 4) is 33.8 Å². The zero-order valence-electron chi connectivity index (χ0n) is 73.3. The van der Waals surface area contributed by atoms with Crippen LogP contribution >= 0.6 is 35.3 Å². The largest absolute Gasteiger partial charge is 0.460 e. The quantitative estimate of drug-likeness (QED) is 0.0118. The van der Waals surface area contributed by atoms with Crippen LogP contribution in [0.5, 0.6) is 0 Å². The molecule has 6 aromatic heterocycles. The second kappa shape index (κ2) is 44.7. The predicted octanol–water partition coefficient (Wildman–Crippen LogP) is 15.6. The Morgan fingerprint density at radius 3 is 0.983 bits per heavy atom. The van der Waals surface area contributed by atoms with E-state index >= 15 is 0 Å². The SMILES string of the molecule is CC(=O)CCCC[Si](C)(C)O[Si](C)(C)CSc1ncc(Cn2cc(-c3ccc(COCC(COCc4ccc(-c5cn(Cc6cnc(SC[Si](C)(C)O[Si](C)(C)CCCNC(C)=O)nc6)nn5)cc4)(COCc4ccc(-c5cn(Cc6cnc(SC[Si](C)(C)O[Si](C)(C)CCCNC(C)=O)nc6)nn5)cc4)CC(=O)OC(C)(C)C)cc3)nn2)cn1. The van der Waals surface area contributed by atoms with E-state index in [0.29, 0.717) is 71.7 Å². The molecule has 0 saturated carbocycles. The van der Waals surface area contributed by atoms with E-state index in [1.807, 2.05) is 149 Å². The molecule has 0 saturated heterocycles. The Morgan fingerprint density at radius 1 is 0.400 bits per heavy atom. The lowest BCUT2D eigenvalue weighted by Crippen LogP contribution is -2.46. The Kier molecular flexibility index (Phi) is 35.9. The summed E-state index contributed by atoms with van der Waals surface area (Å²) < 4.78 is 51.7. The highest BCUT2D eigenvalue weighted by molar-refractivity contribution is 8.01. The predicted molar refractivity (Wildman–Crippen MR) is 488 cm³/mol. The van der Waals surface area contributed by atoms with Crippen LogP contribution in [0.15, 0.2) is 144 Å². The van der Waals surface area contributed by atoms with E-state index in [1.54, 1.807) is 70.1 Å². The van der Waals surface area contributed by atoms with Crippen molar-refractivity contribution in [2.24, 2.45) is 5.41 Å². The maximum atomic E-state index is 14.2. The molecule has 9 rings (SSSR count). The van der Waals surface area contributed by atoms with Crippen molar-refractivity contribution in [1.29, 1.82) is 0 Å². The van der Waals surface area contributed by atoms with Crippen molar-refractivity contribution in [3.63, 3.8) is 0 Å². The second-order valence-electron chi connectivity index (χ2n) is 35.7. The third-order valence-electron chi connectivity index (χ3n) is 18.9. The molecule has 2 amide bonds. The molecule has 648 valence electrons. The molecule has 28 nitrogen and oxygen atoms in total. The Balaban J connectivity index is 0.821. The molecule has 0 radical (unpaired) electrons. The average Bonchev–Trinajstić information content (AvgIpc) is 1.38. The van der Waals surface area contributed by atoms with Crippen molar-refractivity contribution >= 4 is 109 Å². The Labute approximate surface area is 727 Å². The number of unbranched alkanes of at least 4 members (excludes halogenated alkanes) is 1. The monoisotopic (exact) mass is 1800 g/mol. The van der Waals surface area contributed by atoms with Gasteiger partial charge in [-0.05, 0) is 160 Å². The normalized spacial score (nSPS) is 12.6. The van der Waals surface area contributed by atoms with Gasteiger partial charge in [-0.25, -0.2) is 43.9 Å². The molecule has 120 heavy (non-hydrogen) atoms. The molecular weight excluding hydrogens is 1680 g/mol. The highest BCUT2D eigenvalue weighted by Gasteiger charge is 2.39. The van der Waals surface area contributed by atoms with E-state index in [0.717, 1.165) is 110 Å². The van der Waals surface area contributed by atoms with Gasteiger partial charge in [0.1, 0.15) is 28.5 Å². The lowest BCUT2D eigenvalue weighted by atomic mass is 9.86. The minimum absolute atomic E-state index is 0.00729. The molecule has 6 heterocycles. The summed E-state index contributed by atoms with van der Waals surface area (Å²) in [5.41, 5.74) is 8.41. The van der Waals surface area contributed by atoms with E-state index in [2.05, 4.69) is 150 Å². The number of nitrogens with one attached hydrogen (secondary N) is 2. The molecule has 0 aliphatic heterocycles. The maximum absolute atomic E-state index is 14.2. The minimum atomic E-state index is -2.03. The van der Waals surface area contributed by atoms with Crippen molar-refractivity contribution in [3.05, 3.63) is 162 Å². The number of nitrogens with zero attached hydrogens (tertiary/aromatic N) is 15. The number of carbonyl (C=O) groups excluding carboxylic acids is 4. The number of ketones is 1. The Hall–Kier alpha value is -7.49. The fourth-order valence-corrected chi connectivity index (χ4v) is 44.8. The van der Waals surface area contributed by atoms with Gasteiger partial charge < -0.3 is 46.7 Å². The van der Waals surface area contributed by atoms with Crippen LogP contribution in [-0.4, -0.2) is 203 Å². The average molecular weight is 1800 g/mol. The number of Topliss-reactive ketones (excluding diaryl/α,β-unsaturated/α-hetero) is 1. The summed E-state index contributed by atoms with van der Waals surface area (Å²) >= 11 is 4.88. The van der Waals surface area contributed by atoms with Crippen LogP contribution in [0.2, 0.25) is 96.7 Å². The standard InChI is InChI=1S/C83H123N17O11S3Si6/c1-63(101)23-19-20-38-115(7,8)109-118(13,14)60-112-79-86-42-69(43-87-79)48-98-51-75(92-95-98)72-30-24-66(25-31-72)54-105-57-83(41-78(104)108-82(4,5)6,58-106-55-67-26-32-73(33-27-67)76-52-99(96-93-76)49-70-44-88-80(89-45-70)113-61-119(15,16)110-116(9,10)39-21-36-84-64(2)102)59-107-56-68-28-34-74(35-29-68)77-53-100(97-94-77)50-71-46-90-81(91-47-71)114-62-120(17,18)111-117(11,12)40-22-37-85-65(3)103/h24-35,42-47,51-53H,19-23,36-41,48-50,54-62H2,1-18H3,(H,84,102)(H,85,103). The Bertz CT molecular complexity index is 4270. The van der Waals surface area contributed by atoms with Crippen LogP contribution in [0.3, 0.4) is 0 Å². The molecule has 3 aromatic carbocycles. The van der Waals surface area contributed by atoms with Gasteiger partial charge in [0.25, 0.3) is 0 Å². The van der Waals surface area contributed by atoms with Gasteiger partial charge in [0.15, 0.2) is 65.4 Å². The van der Waals surface area contributed by atoms with E-state index in [9.17, 15) is 19.2 Å². The second-order valence-corrected chi connectivity index (χ2v) is 66.2. The Morgan fingerprint density at radius 2 is 0.700 bits per heavy atom. The summed E-state index contributed by atoms with van der Waals surface area (Å²) in [6.45, 7) is 41.0. The molecule has 0 fully saturated rings. The van der Waals surface area contributed by atoms with Gasteiger partial charge in [0, 0.05) is 120 Å². The van der Waals surface area contributed by atoms with Crippen molar-refractivity contribution in [1.82, 2.24) is 85.5 Å². The van der Waals surface area contributed by atoms with E-state index in [-0.39, 0.29) is 63.7 Å². The number of aromatic nitrogens is 15. The molecule has 2 N–H and O–H groups in total. The number of esters is 1. The van der Waals surface area contributed by atoms with E-state index in [4.69, 9.17) is 31.3 Å². The minimum Gasteiger partial charge on any atom is -0.460 e. The molecule has 0 aliphatic carbocycles. The zero-order valence-corrected chi connectivity index (χ0v) is 81.8. The fraction of sp³-hybridized carbons (Fsp3) is 0.518. The van der Waals surface area contributed by atoms with Crippen LogP contribution in [0.25, 0.3) is 33.8 Å². The van der Waals surface area contributed by atoms with E-state index < -0.39 is 66.9 Å². The molecular formula is C83H123N17O11S3Si6. The lowest BCUT2D eigenvalue weighted by Gasteiger charge is -2.33. The molecule has 0 unspecified atom stereocenters. The number of ether oxygens (including phenoxy) is 4. The van der Waals surface area contributed by atoms with Gasteiger partial charge in [0.2, 0.25) is 11.8 Å². The summed E-state index contributed by atoms with van der Waals surface area (Å²) in [5, 5.41) is 37.3.